The molecule has 0 spiro atoms. The molecule has 6 heteroatoms. The van der Waals surface area contributed by atoms with Crippen LogP contribution in [-0.4, -0.2) is 36.1 Å². The van der Waals surface area contributed by atoms with E-state index in [9.17, 15) is 0 Å². The molecule has 1 atom stereocenters. The molecule has 0 radical (unpaired) electrons. The zero-order valence-electron chi connectivity index (χ0n) is 11.0. The Morgan fingerprint density at radius 1 is 1.80 bits per heavy atom. The van der Waals surface area contributed by atoms with Crippen LogP contribution < -0.4 is 15.4 Å². The molecule has 2 N–H and O–H groups in total. The van der Waals surface area contributed by atoms with E-state index in [0.29, 0.717) is 5.95 Å². The van der Waals surface area contributed by atoms with Gasteiger partial charge in [-0.25, -0.2) is 4.98 Å². The Kier molecular flexibility index (Phi) is 2.24. The molecule has 2 rings (SSSR count). The minimum absolute atomic E-state index is 0.0706. The van der Waals surface area contributed by atoms with Crippen LogP contribution in [0.3, 0.4) is 0 Å². The lowest BCUT2D eigenvalue weighted by Gasteiger charge is -2.11. The number of nitrogens with one attached hydrogen (secondary N) is 2. The highest BCUT2D eigenvalue weighted by Crippen LogP contribution is 2.21. The summed E-state index contributed by atoms with van der Waals surface area (Å²) in [4.78, 5) is 7.94. The molecule has 82 valence electrons. The zero-order chi connectivity index (χ0) is 13.2. The van der Waals surface area contributed by atoms with Gasteiger partial charge < -0.3 is 15.4 Å². The number of rotatable bonds is 3. The van der Waals surface area contributed by atoms with E-state index in [1.54, 1.807) is 0 Å². The van der Waals surface area contributed by atoms with Gasteiger partial charge in [-0.3, -0.25) is 0 Å². The van der Waals surface area contributed by atoms with E-state index in [2.05, 4.69) is 20.6 Å². The molecule has 1 saturated heterocycles. The summed E-state index contributed by atoms with van der Waals surface area (Å²) in [5.41, 5.74) is 0. The fourth-order valence-electron chi connectivity index (χ4n) is 1.45. The first-order chi connectivity index (χ1) is 8.44. The lowest BCUT2D eigenvalue weighted by atomic mass is 10.3. The molecule has 1 aliphatic rings. The van der Waals surface area contributed by atoms with Crippen LogP contribution in [0.4, 0.5) is 5.95 Å². The molecule has 5 nitrogen and oxygen atoms in total. The lowest BCUT2D eigenvalue weighted by molar-refractivity contribution is 0.397. The molecule has 0 bridgehead atoms. The van der Waals surface area contributed by atoms with Crippen molar-refractivity contribution in [1.29, 1.82) is 0 Å². The van der Waals surface area contributed by atoms with Crippen LogP contribution in [0.5, 0.6) is 5.88 Å². The van der Waals surface area contributed by atoms with Gasteiger partial charge in [0.2, 0.25) is 11.8 Å². The first-order valence-corrected chi connectivity index (χ1v) is 5.01. The Morgan fingerprint density at radius 3 is 3.47 bits per heavy atom. The van der Waals surface area contributed by atoms with Gasteiger partial charge in [0.1, 0.15) is 5.02 Å². The van der Waals surface area contributed by atoms with Crippen molar-refractivity contribution in [2.45, 2.75) is 12.5 Å². The topological polar surface area (TPSA) is 59.1 Å². The van der Waals surface area contributed by atoms with Crippen molar-refractivity contribution in [3.05, 3.63) is 11.2 Å². The molecule has 0 aromatic carbocycles. The first kappa shape index (κ1) is 7.24. The van der Waals surface area contributed by atoms with Crippen LogP contribution in [0.25, 0.3) is 0 Å². The summed E-state index contributed by atoms with van der Waals surface area (Å²) in [5.74, 6) is 0.174. The third-order valence-corrected chi connectivity index (χ3v) is 2.46. The number of anilines is 1. The highest BCUT2D eigenvalue weighted by atomic mass is 35.5. The summed E-state index contributed by atoms with van der Waals surface area (Å²) in [5, 5.41) is 6.35. The van der Waals surface area contributed by atoms with Crippen molar-refractivity contribution in [2.75, 3.05) is 25.4 Å². The lowest BCUT2D eigenvalue weighted by Crippen LogP contribution is -2.23. The molecule has 1 aliphatic heterocycles. The molecule has 1 aromatic heterocycles. The minimum atomic E-state index is -2.58. The molecule has 2 heterocycles. The second kappa shape index (κ2) is 4.63. The highest BCUT2D eigenvalue weighted by molar-refractivity contribution is 6.31. The van der Waals surface area contributed by atoms with E-state index in [1.807, 2.05) is 0 Å². The summed E-state index contributed by atoms with van der Waals surface area (Å²) < 4.78 is 25.8. The second-order valence-electron chi connectivity index (χ2n) is 3.28. The molecular formula is C9H13ClN4O. The monoisotopic (exact) mass is 231 g/mol. The smallest absolute Gasteiger partial charge is 0.237 e. The van der Waals surface area contributed by atoms with Gasteiger partial charge in [0.25, 0.3) is 0 Å². The van der Waals surface area contributed by atoms with Gasteiger partial charge in [-0.2, -0.15) is 4.98 Å². The van der Waals surface area contributed by atoms with Gasteiger partial charge in [-0.05, 0) is 13.0 Å². The van der Waals surface area contributed by atoms with Gasteiger partial charge in [0.05, 0.1) is 17.3 Å². The first-order valence-electron chi connectivity index (χ1n) is 6.13. The van der Waals surface area contributed by atoms with E-state index < -0.39 is 7.04 Å². The molecule has 1 fully saturated rings. The van der Waals surface area contributed by atoms with Crippen LogP contribution >= 0.6 is 11.6 Å². The molecule has 0 saturated carbocycles. The predicted molar refractivity (Wildman–Crippen MR) is 58.5 cm³/mol. The normalized spacial score (nSPS) is 24.1. The zero-order valence-corrected chi connectivity index (χ0v) is 8.71. The van der Waals surface area contributed by atoms with Crippen LogP contribution in [0.2, 0.25) is 5.02 Å². The molecule has 0 aliphatic carbocycles. The number of methoxy groups -OCH3 is 1. The SMILES string of the molecule is [2H]C([2H])([2H])Oc1nc(N[C@@H]2CCNC2)ncc1Cl. The van der Waals surface area contributed by atoms with Crippen LogP contribution in [0, 0.1) is 0 Å². The number of nitrogens with zero attached hydrogens (tertiary/aromatic N) is 2. The Bertz CT molecular complexity index is 423. The van der Waals surface area contributed by atoms with E-state index in [0.717, 1.165) is 19.5 Å². The Labute approximate surface area is 97.4 Å². The summed E-state index contributed by atoms with van der Waals surface area (Å²) in [6.45, 7) is 1.76. The summed E-state index contributed by atoms with van der Waals surface area (Å²) in [7, 11) is -2.58. The van der Waals surface area contributed by atoms with Gasteiger partial charge in [-0.1, -0.05) is 11.6 Å². The third-order valence-electron chi connectivity index (χ3n) is 2.20. The Balaban J connectivity index is 2.10. The number of ether oxygens (including phenoxy) is 1. The van der Waals surface area contributed by atoms with E-state index in [-0.39, 0.29) is 16.9 Å². The maximum Gasteiger partial charge on any atom is 0.237 e. The Morgan fingerprint density at radius 2 is 2.73 bits per heavy atom. The number of halogens is 1. The Hall–Kier alpha value is -1.07. The van der Waals surface area contributed by atoms with Crippen LogP contribution in [0.15, 0.2) is 6.20 Å². The van der Waals surface area contributed by atoms with E-state index in [1.165, 1.54) is 6.20 Å². The van der Waals surface area contributed by atoms with Crippen LogP contribution in [-0.2, 0) is 0 Å². The molecule has 0 amide bonds. The molecule has 15 heavy (non-hydrogen) atoms. The minimum Gasteiger partial charge on any atom is -0.480 e. The highest BCUT2D eigenvalue weighted by Gasteiger charge is 2.15. The van der Waals surface area contributed by atoms with Crippen molar-refractivity contribution in [3.8, 4) is 5.88 Å². The average Bonchev–Trinajstić information content (AvgIpc) is 2.74. The van der Waals surface area contributed by atoms with Crippen molar-refractivity contribution in [1.82, 2.24) is 15.3 Å². The third kappa shape index (κ3) is 2.49. The molecule has 0 unspecified atom stereocenters. The number of hydrogen-bond acceptors (Lipinski definition) is 5. The number of hydrogen-bond donors (Lipinski definition) is 2. The van der Waals surface area contributed by atoms with Crippen LogP contribution in [0.1, 0.15) is 10.5 Å². The quantitative estimate of drug-likeness (QED) is 0.810. The van der Waals surface area contributed by atoms with Crippen molar-refractivity contribution in [2.24, 2.45) is 0 Å². The maximum atomic E-state index is 7.02. The predicted octanol–water partition coefficient (Wildman–Crippen LogP) is 0.912. The van der Waals surface area contributed by atoms with Crippen molar-refractivity contribution < 1.29 is 8.85 Å². The average molecular weight is 232 g/mol. The van der Waals surface area contributed by atoms with E-state index in [4.69, 9.17) is 20.5 Å². The van der Waals surface area contributed by atoms with Crippen molar-refractivity contribution in [3.63, 3.8) is 0 Å². The summed E-state index contributed by atoms with van der Waals surface area (Å²) >= 11 is 5.78. The van der Waals surface area contributed by atoms with E-state index >= 15 is 0 Å². The second-order valence-corrected chi connectivity index (χ2v) is 3.69. The largest absolute Gasteiger partial charge is 0.480 e. The maximum absolute atomic E-state index is 7.02. The van der Waals surface area contributed by atoms with Gasteiger partial charge in [-0.15, -0.1) is 0 Å². The van der Waals surface area contributed by atoms with Crippen molar-refractivity contribution >= 4 is 17.5 Å². The molecular weight excluding hydrogens is 216 g/mol. The standard InChI is InChI=1S/C9H13ClN4O/c1-15-8-7(10)5-12-9(14-8)13-6-2-3-11-4-6/h5-6,11H,2-4H2,1H3,(H,12,13,14)/t6-/m1/s1/i1D3. The molecule has 1 aromatic rings. The summed E-state index contributed by atoms with van der Waals surface area (Å²) in [6.07, 6.45) is 2.28. The number of aromatic nitrogens is 2. The summed E-state index contributed by atoms with van der Waals surface area (Å²) in [6, 6.07) is 0.229. The fourth-order valence-corrected chi connectivity index (χ4v) is 1.58. The van der Waals surface area contributed by atoms with Gasteiger partial charge in [0.15, 0.2) is 0 Å². The van der Waals surface area contributed by atoms with Gasteiger partial charge >= 0.3 is 0 Å². The van der Waals surface area contributed by atoms with Gasteiger partial charge in [0, 0.05) is 12.6 Å². The fraction of sp³-hybridized carbons (Fsp3) is 0.556.